The number of hydrogen-bond donors (Lipinski definition) is 0. The lowest BCUT2D eigenvalue weighted by atomic mass is 10.2. The second-order valence-corrected chi connectivity index (χ2v) is 4.59. The maximum absolute atomic E-state index is 4.30. The summed E-state index contributed by atoms with van der Waals surface area (Å²) in [6.45, 7) is 2.34. The predicted molar refractivity (Wildman–Crippen MR) is 56.2 cm³/mol. The highest BCUT2D eigenvalue weighted by atomic mass is 79.9. The van der Waals surface area contributed by atoms with Crippen molar-refractivity contribution in [3.63, 3.8) is 0 Å². The summed E-state index contributed by atoms with van der Waals surface area (Å²) in [6, 6.07) is 0. The minimum atomic E-state index is 0.814. The van der Waals surface area contributed by atoms with Gasteiger partial charge in [0.05, 0.1) is 0 Å². The van der Waals surface area contributed by atoms with Crippen molar-refractivity contribution in [2.24, 2.45) is 5.92 Å². The molecule has 0 spiro atoms. The molecule has 1 aliphatic rings. The molecule has 66 valence electrons. The lowest BCUT2D eigenvalue weighted by Gasteiger charge is -2.13. The number of rotatable bonds is 2. The van der Waals surface area contributed by atoms with E-state index < -0.39 is 0 Å². The van der Waals surface area contributed by atoms with Crippen LogP contribution in [0.25, 0.3) is 0 Å². The van der Waals surface area contributed by atoms with Crippen molar-refractivity contribution in [2.75, 3.05) is 23.3 Å². The third kappa shape index (κ3) is 1.64. The van der Waals surface area contributed by atoms with Crippen LogP contribution in [-0.4, -0.2) is 23.4 Å². The molecular formula is C8H11BrN2S. The zero-order valence-corrected chi connectivity index (χ0v) is 9.14. The number of halogens is 1. The standard InChI is InChI=1S/C8H11BrN2S/c9-5-7-1-3-11(6-7)8-10-2-4-12-8/h2,4,7H,1,3,5-6H2. The quantitative estimate of drug-likeness (QED) is 0.746. The van der Waals surface area contributed by atoms with Gasteiger partial charge < -0.3 is 4.90 Å². The smallest absolute Gasteiger partial charge is 0.185 e. The molecule has 1 aliphatic heterocycles. The first-order valence-corrected chi connectivity index (χ1v) is 6.10. The van der Waals surface area contributed by atoms with Gasteiger partial charge in [-0.1, -0.05) is 15.9 Å². The Balaban J connectivity index is 2.00. The van der Waals surface area contributed by atoms with E-state index in [9.17, 15) is 0 Å². The van der Waals surface area contributed by atoms with E-state index in [1.54, 1.807) is 11.3 Å². The summed E-state index contributed by atoms with van der Waals surface area (Å²) in [5.41, 5.74) is 0. The average molecular weight is 247 g/mol. The fourth-order valence-electron chi connectivity index (χ4n) is 1.50. The summed E-state index contributed by atoms with van der Waals surface area (Å²) in [6.07, 6.45) is 3.17. The van der Waals surface area contributed by atoms with Gasteiger partial charge in [0.25, 0.3) is 0 Å². The number of thiazole rings is 1. The van der Waals surface area contributed by atoms with E-state index in [0.29, 0.717) is 0 Å². The van der Waals surface area contributed by atoms with Crippen LogP contribution < -0.4 is 4.90 Å². The third-order valence-corrected chi connectivity index (χ3v) is 3.94. The normalized spacial score (nSPS) is 23.4. The Kier molecular flexibility index (Phi) is 2.66. The molecule has 0 saturated carbocycles. The van der Waals surface area contributed by atoms with Gasteiger partial charge in [-0.05, 0) is 12.3 Å². The van der Waals surface area contributed by atoms with Crippen molar-refractivity contribution in [3.05, 3.63) is 11.6 Å². The Hall–Kier alpha value is -0.0900. The highest BCUT2D eigenvalue weighted by Gasteiger charge is 2.22. The van der Waals surface area contributed by atoms with Crippen molar-refractivity contribution >= 4 is 32.4 Å². The Morgan fingerprint density at radius 2 is 2.67 bits per heavy atom. The molecule has 0 aromatic carbocycles. The highest BCUT2D eigenvalue weighted by molar-refractivity contribution is 9.09. The summed E-state index contributed by atoms with van der Waals surface area (Å²) >= 11 is 5.26. The van der Waals surface area contributed by atoms with Gasteiger partial charge in [-0.2, -0.15) is 0 Å². The Bertz CT molecular complexity index is 237. The number of hydrogen-bond acceptors (Lipinski definition) is 3. The van der Waals surface area contributed by atoms with Crippen LogP contribution in [0.1, 0.15) is 6.42 Å². The van der Waals surface area contributed by atoms with E-state index >= 15 is 0 Å². The fourth-order valence-corrected chi connectivity index (χ4v) is 2.71. The molecule has 0 aliphatic carbocycles. The van der Waals surface area contributed by atoms with Crippen LogP contribution >= 0.6 is 27.3 Å². The average Bonchev–Trinajstić information content (AvgIpc) is 2.75. The predicted octanol–water partition coefficient (Wildman–Crippen LogP) is 2.36. The van der Waals surface area contributed by atoms with Gasteiger partial charge in [0.2, 0.25) is 0 Å². The minimum absolute atomic E-state index is 0.814. The maximum Gasteiger partial charge on any atom is 0.185 e. The van der Waals surface area contributed by atoms with E-state index in [2.05, 4.69) is 25.8 Å². The molecule has 0 amide bonds. The summed E-state index contributed by atoms with van der Waals surface area (Å²) < 4.78 is 0. The number of nitrogens with zero attached hydrogens (tertiary/aromatic N) is 2. The third-order valence-electron chi connectivity index (χ3n) is 2.19. The molecule has 1 aromatic heterocycles. The number of anilines is 1. The topological polar surface area (TPSA) is 16.1 Å². The number of alkyl halides is 1. The van der Waals surface area contributed by atoms with Crippen LogP contribution in [0.3, 0.4) is 0 Å². The van der Waals surface area contributed by atoms with Crippen molar-refractivity contribution in [3.8, 4) is 0 Å². The van der Waals surface area contributed by atoms with Gasteiger partial charge >= 0.3 is 0 Å². The Labute approximate surface area is 84.7 Å². The van der Waals surface area contributed by atoms with Crippen LogP contribution in [0.4, 0.5) is 5.13 Å². The van der Waals surface area contributed by atoms with Gasteiger partial charge in [-0.3, -0.25) is 0 Å². The number of aromatic nitrogens is 1. The second-order valence-electron chi connectivity index (χ2n) is 3.07. The largest absolute Gasteiger partial charge is 0.348 e. The Morgan fingerprint density at radius 3 is 3.25 bits per heavy atom. The van der Waals surface area contributed by atoms with E-state index in [1.165, 1.54) is 24.6 Å². The van der Waals surface area contributed by atoms with Crippen molar-refractivity contribution in [1.82, 2.24) is 4.98 Å². The van der Waals surface area contributed by atoms with Crippen LogP contribution in [0.2, 0.25) is 0 Å². The van der Waals surface area contributed by atoms with Gasteiger partial charge in [0.1, 0.15) is 0 Å². The van der Waals surface area contributed by atoms with E-state index in [-0.39, 0.29) is 0 Å². The maximum atomic E-state index is 4.30. The Morgan fingerprint density at radius 1 is 1.75 bits per heavy atom. The summed E-state index contributed by atoms with van der Waals surface area (Å²) in [7, 11) is 0. The van der Waals surface area contributed by atoms with Crippen molar-refractivity contribution in [2.45, 2.75) is 6.42 Å². The first kappa shape index (κ1) is 8.51. The molecule has 0 radical (unpaired) electrons. The molecule has 1 aromatic rings. The molecule has 4 heteroatoms. The van der Waals surface area contributed by atoms with E-state index in [4.69, 9.17) is 0 Å². The minimum Gasteiger partial charge on any atom is -0.348 e. The van der Waals surface area contributed by atoms with E-state index in [0.717, 1.165) is 11.2 Å². The molecule has 1 unspecified atom stereocenters. The second kappa shape index (κ2) is 3.75. The molecule has 12 heavy (non-hydrogen) atoms. The van der Waals surface area contributed by atoms with Crippen molar-refractivity contribution < 1.29 is 0 Å². The molecule has 2 heterocycles. The first-order chi connectivity index (χ1) is 5.90. The molecule has 0 bridgehead atoms. The summed E-state index contributed by atoms with van der Waals surface area (Å²) in [4.78, 5) is 6.67. The SMILES string of the molecule is BrCC1CCN(c2nccs2)C1. The first-order valence-electron chi connectivity index (χ1n) is 4.10. The summed E-state index contributed by atoms with van der Waals surface area (Å²) in [5.74, 6) is 0.814. The van der Waals surface area contributed by atoms with Gasteiger partial charge in [0, 0.05) is 30.0 Å². The van der Waals surface area contributed by atoms with Gasteiger partial charge in [-0.15, -0.1) is 11.3 Å². The molecule has 1 saturated heterocycles. The van der Waals surface area contributed by atoms with Crippen LogP contribution in [0, 0.1) is 5.92 Å². The van der Waals surface area contributed by atoms with Crippen LogP contribution in [0.15, 0.2) is 11.6 Å². The highest BCUT2D eigenvalue weighted by Crippen LogP contribution is 2.25. The van der Waals surface area contributed by atoms with Crippen molar-refractivity contribution in [1.29, 1.82) is 0 Å². The summed E-state index contributed by atoms with van der Waals surface area (Å²) in [5, 5.41) is 4.34. The molecule has 2 nitrogen and oxygen atoms in total. The molecule has 0 N–H and O–H groups in total. The molecular weight excluding hydrogens is 236 g/mol. The monoisotopic (exact) mass is 246 g/mol. The van der Waals surface area contributed by atoms with Crippen LogP contribution in [-0.2, 0) is 0 Å². The molecule has 1 fully saturated rings. The van der Waals surface area contributed by atoms with Crippen LogP contribution in [0.5, 0.6) is 0 Å². The van der Waals surface area contributed by atoms with Gasteiger partial charge in [-0.25, -0.2) is 4.98 Å². The van der Waals surface area contributed by atoms with Gasteiger partial charge in [0.15, 0.2) is 5.13 Å². The zero-order chi connectivity index (χ0) is 8.39. The zero-order valence-electron chi connectivity index (χ0n) is 6.74. The lowest BCUT2D eigenvalue weighted by Crippen LogP contribution is -2.19. The van der Waals surface area contributed by atoms with E-state index in [1.807, 2.05) is 11.6 Å². The lowest BCUT2D eigenvalue weighted by molar-refractivity contribution is 0.676. The fraction of sp³-hybridized carbons (Fsp3) is 0.625. The molecule has 1 atom stereocenters. The molecule has 2 rings (SSSR count).